The van der Waals surface area contributed by atoms with Gasteiger partial charge in [0.2, 0.25) is 0 Å². The fourth-order valence-corrected chi connectivity index (χ4v) is 1.28. The number of nitrogen functional groups attached to an aromatic ring is 1. The molecule has 1 amide bonds. The summed E-state index contributed by atoms with van der Waals surface area (Å²) < 4.78 is 10.2. The van der Waals surface area contributed by atoms with Crippen molar-refractivity contribution in [3.05, 3.63) is 24.3 Å². The lowest BCUT2D eigenvalue weighted by Gasteiger charge is -2.09. The van der Waals surface area contributed by atoms with Crippen LogP contribution >= 0.6 is 0 Å². The Morgan fingerprint density at radius 2 is 2.17 bits per heavy atom. The van der Waals surface area contributed by atoms with E-state index >= 15 is 0 Å². The number of carbonyl (C=O) groups excluding carboxylic acids is 1. The minimum absolute atomic E-state index is 0.237. The molecule has 0 aliphatic rings. The van der Waals surface area contributed by atoms with E-state index in [2.05, 4.69) is 19.2 Å². The third-order valence-electron chi connectivity index (χ3n) is 2.05. The molecule has 1 aromatic carbocycles. The van der Waals surface area contributed by atoms with Crippen LogP contribution in [0.5, 0.6) is 0 Å². The normalized spacial score (nSPS) is 10.4. The van der Waals surface area contributed by atoms with Crippen LogP contribution in [-0.4, -0.2) is 25.9 Å². The first-order valence-electron chi connectivity index (χ1n) is 5.95. The summed E-state index contributed by atoms with van der Waals surface area (Å²) in [6.07, 6.45) is -0.506. The quantitative estimate of drug-likeness (QED) is 0.602. The Morgan fingerprint density at radius 3 is 2.83 bits per heavy atom. The Balaban J connectivity index is 2.18. The van der Waals surface area contributed by atoms with Gasteiger partial charge in [-0.25, -0.2) is 4.79 Å². The second kappa shape index (κ2) is 7.55. The summed E-state index contributed by atoms with van der Waals surface area (Å²) in [6.45, 7) is 5.43. The fraction of sp³-hybridized carbons (Fsp3) is 0.462. The molecule has 0 aliphatic heterocycles. The SMILES string of the molecule is CC(C)COCCOC(=O)Nc1cccc(N)c1. The molecule has 0 aliphatic carbocycles. The van der Waals surface area contributed by atoms with Gasteiger partial charge in [-0.05, 0) is 24.1 Å². The summed E-state index contributed by atoms with van der Waals surface area (Å²) in [5.41, 5.74) is 6.79. The summed E-state index contributed by atoms with van der Waals surface area (Å²) >= 11 is 0. The van der Waals surface area contributed by atoms with Crippen molar-refractivity contribution < 1.29 is 14.3 Å². The Labute approximate surface area is 107 Å². The van der Waals surface area contributed by atoms with Crippen molar-refractivity contribution in [1.29, 1.82) is 0 Å². The van der Waals surface area contributed by atoms with Gasteiger partial charge in [0, 0.05) is 18.0 Å². The van der Waals surface area contributed by atoms with Gasteiger partial charge in [0.15, 0.2) is 0 Å². The van der Waals surface area contributed by atoms with Crippen LogP contribution in [0, 0.1) is 5.92 Å². The molecule has 5 heteroatoms. The first-order chi connectivity index (χ1) is 8.58. The van der Waals surface area contributed by atoms with Crippen LogP contribution in [0.2, 0.25) is 0 Å². The molecule has 18 heavy (non-hydrogen) atoms. The number of hydrogen-bond donors (Lipinski definition) is 2. The van der Waals surface area contributed by atoms with E-state index in [4.69, 9.17) is 15.2 Å². The highest BCUT2D eigenvalue weighted by Gasteiger charge is 2.03. The molecule has 0 spiro atoms. The van der Waals surface area contributed by atoms with Gasteiger partial charge < -0.3 is 15.2 Å². The number of anilines is 2. The molecule has 100 valence electrons. The van der Waals surface area contributed by atoms with Gasteiger partial charge in [0.1, 0.15) is 6.61 Å². The molecule has 0 fully saturated rings. The zero-order chi connectivity index (χ0) is 13.4. The van der Waals surface area contributed by atoms with E-state index in [0.29, 0.717) is 30.5 Å². The van der Waals surface area contributed by atoms with E-state index in [1.54, 1.807) is 24.3 Å². The van der Waals surface area contributed by atoms with Gasteiger partial charge in [-0.15, -0.1) is 0 Å². The standard InChI is InChI=1S/C13H20N2O3/c1-10(2)9-17-6-7-18-13(16)15-12-5-3-4-11(14)8-12/h3-5,8,10H,6-7,9,14H2,1-2H3,(H,15,16). The summed E-state index contributed by atoms with van der Waals surface area (Å²) in [6, 6.07) is 6.91. The van der Waals surface area contributed by atoms with Crippen LogP contribution in [0.3, 0.4) is 0 Å². The molecular formula is C13H20N2O3. The summed E-state index contributed by atoms with van der Waals surface area (Å²) in [5.74, 6) is 0.478. The van der Waals surface area contributed by atoms with Gasteiger partial charge in [0.05, 0.1) is 6.61 Å². The molecule has 1 rings (SSSR count). The van der Waals surface area contributed by atoms with Crippen molar-refractivity contribution in [1.82, 2.24) is 0 Å². The number of nitrogens with one attached hydrogen (secondary N) is 1. The van der Waals surface area contributed by atoms with Gasteiger partial charge >= 0.3 is 6.09 Å². The number of benzene rings is 1. The van der Waals surface area contributed by atoms with Crippen molar-refractivity contribution >= 4 is 17.5 Å². The van der Waals surface area contributed by atoms with Crippen molar-refractivity contribution in [2.75, 3.05) is 30.9 Å². The molecular weight excluding hydrogens is 232 g/mol. The third-order valence-corrected chi connectivity index (χ3v) is 2.05. The number of nitrogens with two attached hydrogens (primary N) is 1. The first kappa shape index (κ1) is 14.3. The molecule has 0 saturated heterocycles. The highest BCUT2D eigenvalue weighted by molar-refractivity contribution is 5.85. The maximum atomic E-state index is 11.4. The lowest BCUT2D eigenvalue weighted by atomic mass is 10.2. The van der Waals surface area contributed by atoms with E-state index in [9.17, 15) is 4.79 Å². The maximum absolute atomic E-state index is 11.4. The van der Waals surface area contributed by atoms with Crippen LogP contribution in [0.1, 0.15) is 13.8 Å². The molecule has 1 aromatic rings. The van der Waals surface area contributed by atoms with Crippen LogP contribution < -0.4 is 11.1 Å². The molecule has 0 atom stereocenters. The average Bonchev–Trinajstić information content (AvgIpc) is 2.28. The Hall–Kier alpha value is -1.75. The van der Waals surface area contributed by atoms with Crippen LogP contribution in [-0.2, 0) is 9.47 Å². The topological polar surface area (TPSA) is 73.6 Å². The van der Waals surface area contributed by atoms with Crippen LogP contribution in [0.15, 0.2) is 24.3 Å². The van der Waals surface area contributed by atoms with Gasteiger partial charge in [-0.1, -0.05) is 19.9 Å². The summed E-state index contributed by atoms with van der Waals surface area (Å²) in [5, 5.41) is 2.59. The highest BCUT2D eigenvalue weighted by Crippen LogP contribution is 2.11. The van der Waals surface area contributed by atoms with Gasteiger partial charge in [0.25, 0.3) is 0 Å². The van der Waals surface area contributed by atoms with Gasteiger partial charge in [-0.3, -0.25) is 5.32 Å². The monoisotopic (exact) mass is 252 g/mol. The average molecular weight is 252 g/mol. The van der Waals surface area contributed by atoms with E-state index in [1.165, 1.54) is 0 Å². The van der Waals surface area contributed by atoms with E-state index < -0.39 is 6.09 Å². The minimum Gasteiger partial charge on any atom is -0.447 e. The van der Waals surface area contributed by atoms with Crippen molar-refractivity contribution in [3.63, 3.8) is 0 Å². The summed E-state index contributed by atoms with van der Waals surface area (Å²) in [4.78, 5) is 11.4. The Morgan fingerprint density at radius 1 is 1.39 bits per heavy atom. The molecule has 0 bridgehead atoms. The van der Waals surface area contributed by atoms with E-state index in [-0.39, 0.29) is 6.61 Å². The van der Waals surface area contributed by atoms with Crippen molar-refractivity contribution in [3.8, 4) is 0 Å². The number of ether oxygens (including phenoxy) is 2. The van der Waals surface area contributed by atoms with E-state index in [0.717, 1.165) is 0 Å². The highest BCUT2D eigenvalue weighted by atomic mass is 16.6. The molecule has 0 aromatic heterocycles. The van der Waals surface area contributed by atoms with Gasteiger partial charge in [-0.2, -0.15) is 0 Å². The fourth-order valence-electron chi connectivity index (χ4n) is 1.28. The molecule has 0 radical (unpaired) electrons. The van der Waals surface area contributed by atoms with Crippen LogP contribution in [0.4, 0.5) is 16.2 Å². The van der Waals surface area contributed by atoms with Crippen LogP contribution in [0.25, 0.3) is 0 Å². The first-order valence-corrected chi connectivity index (χ1v) is 5.95. The zero-order valence-corrected chi connectivity index (χ0v) is 10.8. The minimum atomic E-state index is -0.506. The molecule has 0 unspecified atom stereocenters. The Kier molecular flexibility index (Phi) is 6.00. The number of rotatable bonds is 6. The zero-order valence-electron chi connectivity index (χ0n) is 10.8. The predicted molar refractivity (Wildman–Crippen MR) is 71.5 cm³/mol. The van der Waals surface area contributed by atoms with E-state index in [1.807, 2.05) is 0 Å². The second-order valence-corrected chi connectivity index (χ2v) is 4.36. The lowest BCUT2D eigenvalue weighted by Crippen LogP contribution is -2.17. The number of amides is 1. The van der Waals surface area contributed by atoms with Crippen molar-refractivity contribution in [2.45, 2.75) is 13.8 Å². The number of hydrogen-bond acceptors (Lipinski definition) is 4. The molecule has 0 saturated carbocycles. The summed E-state index contributed by atoms with van der Waals surface area (Å²) in [7, 11) is 0. The maximum Gasteiger partial charge on any atom is 0.411 e. The molecule has 3 N–H and O–H groups in total. The Bertz CT molecular complexity index is 380. The smallest absolute Gasteiger partial charge is 0.411 e. The number of carbonyl (C=O) groups is 1. The lowest BCUT2D eigenvalue weighted by molar-refractivity contribution is 0.0650. The largest absolute Gasteiger partial charge is 0.447 e. The third kappa shape index (κ3) is 6.10. The predicted octanol–water partition coefficient (Wildman–Crippen LogP) is 2.49. The van der Waals surface area contributed by atoms with Crippen molar-refractivity contribution in [2.24, 2.45) is 5.92 Å². The second-order valence-electron chi connectivity index (χ2n) is 4.36. The molecule has 0 heterocycles. The molecule has 5 nitrogen and oxygen atoms in total.